The zero-order valence-corrected chi connectivity index (χ0v) is 12.5. The first-order valence-electron chi connectivity index (χ1n) is 5.15. The van der Waals surface area contributed by atoms with Crippen LogP contribution >= 0.6 is 0 Å². The smallest absolute Gasteiger partial charge is 0.375 e. The van der Waals surface area contributed by atoms with Crippen LogP contribution in [0, 0.1) is 13.8 Å². The van der Waals surface area contributed by atoms with Gasteiger partial charge in [-0.05, 0) is 37.1 Å². The van der Waals surface area contributed by atoms with Crippen LogP contribution in [0.1, 0.15) is 11.1 Å². The van der Waals surface area contributed by atoms with E-state index in [1.165, 1.54) is 13.8 Å². The fraction of sp³-hybridized carbons (Fsp3) is 0.455. The van der Waals surface area contributed by atoms with Gasteiger partial charge in [0.05, 0.1) is 0 Å². The van der Waals surface area contributed by atoms with E-state index in [2.05, 4.69) is 4.18 Å². The molecule has 1 aromatic carbocycles. The third kappa shape index (κ3) is 3.56. The standard InChI is InChI=1S/C11H14F3O3S2/c1-7-5-9(18(3)4)6-8(2)10(7)17-19(15,16)11(12,13)14/h5-6H,1-4H3/q+1. The summed E-state index contributed by atoms with van der Waals surface area (Å²) in [5, 5.41) is 0. The van der Waals surface area contributed by atoms with E-state index in [0.717, 1.165) is 4.90 Å². The van der Waals surface area contributed by atoms with Crippen molar-refractivity contribution >= 4 is 21.0 Å². The maximum Gasteiger partial charge on any atom is 0.534 e. The predicted octanol–water partition coefficient (Wildman–Crippen LogP) is 2.77. The second kappa shape index (κ2) is 5.24. The summed E-state index contributed by atoms with van der Waals surface area (Å²) in [5.74, 6) is -0.258. The lowest BCUT2D eigenvalue weighted by atomic mass is 10.1. The van der Waals surface area contributed by atoms with Gasteiger partial charge < -0.3 is 4.18 Å². The summed E-state index contributed by atoms with van der Waals surface area (Å²) in [6.07, 6.45) is 3.92. The van der Waals surface area contributed by atoms with Gasteiger partial charge >= 0.3 is 15.6 Å². The summed E-state index contributed by atoms with van der Waals surface area (Å²) in [5.41, 5.74) is -4.70. The fourth-order valence-corrected chi connectivity index (χ4v) is 2.84. The predicted molar refractivity (Wildman–Crippen MR) is 69.0 cm³/mol. The Balaban J connectivity index is 3.25. The summed E-state index contributed by atoms with van der Waals surface area (Å²) in [6.45, 7) is 3.04. The maximum absolute atomic E-state index is 12.3. The third-order valence-electron chi connectivity index (χ3n) is 2.38. The van der Waals surface area contributed by atoms with Crippen molar-refractivity contribution < 1.29 is 25.8 Å². The molecule has 0 amide bonds. The number of alkyl halides is 3. The molecule has 0 unspecified atom stereocenters. The molecule has 0 saturated carbocycles. The van der Waals surface area contributed by atoms with E-state index in [-0.39, 0.29) is 16.6 Å². The van der Waals surface area contributed by atoms with Crippen molar-refractivity contribution in [1.29, 1.82) is 0 Å². The largest absolute Gasteiger partial charge is 0.534 e. The monoisotopic (exact) mass is 315 g/mol. The summed E-state index contributed by atoms with van der Waals surface area (Å²) < 4.78 is 63.0. The van der Waals surface area contributed by atoms with Crippen LogP contribution in [0.3, 0.4) is 0 Å². The molecule has 0 N–H and O–H groups in total. The second-order valence-electron chi connectivity index (χ2n) is 4.19. The van der Waals surface area contributed by atoms with Crippen molar-refractivity contribution in [2.24, 2.45) is 0 Å². The lowest BCUT2D eigenvalue weighted by Gasteiger charge is -2.14. The molecule has 19 heavy (non-hydrogen) atoms. The molecule has 0 atom stereocenters. The fourth-order valence-electron chi connectivity index (χ4n) is 1.43. The van der Waals surface area contributed by atoms with Crippen LogP contribution in [0.5, 0.6) is 5.75 Å². The van der Waals surface area contributed by atoms with E-state index in [1.54, 1.807) is 12.1 Å². The van der Waals surface area contributed by atoms with Crippen molar-refractivity contribution in [2.75, 3.05) is 12.5 Å². The summed E-state index contributed by atoms with van der Waals surface area (Å²) >= 11 is 0. The minimum absolute atomic E-state index is 0.0752. The summed E-state index contributed by atoms with van der Waals surface area (Å²) in [7, 11) is -5.70. The van der Waals surface area contributed by atoms with Crippen LogP contribution in [-0.4, -0.2) is 26.4 Å². The first-order chi connectivity index (χ1) is 8.45. The molecule has 0 spiro atoms. The van der Waals surface area contributed by atoms with Crippen LogP contribution in [0.4, 0.5) is 13.2 Å². The number of aryl methyl sites for hydroxylation is 2. The van der Waals surface area contributed by atoms with Gasteiger partial charge in [0, 0.05) is 10.9 Å². The molecule has 0 aliphatic heterocycles. The Kier molecular flexibility index (Phi) is 4.46. The van der Waals surface area contributed by atoms with Crippen molar-refractivity contribution in [1.82, 2.24) is 0 Å². The maximum atomic E-state index is 12.3. The molecule has 0 radical (unpaired) electrons. The highest BCUT2D eigenvalue weighted by Crippen LogP contribution is 2.32. The molecule has 0 bridgehead atoms. The van der Waals surface area contributed by atoms with E-state index in [9.17, 15) is 21.6 Å². The Labute approximate surface area is 113 Å². The number of halogens is 3. The molecule has 0 fully saturated rings. The van der Waals surface area contributed by atoms with Crippen LogP contribution < -0.4 is 4.18 Å². The van der Waals surface area contributed by atoms with Crippen molar-refractivity contribution in [3.8, 4) is 5.75 Å². The van der Waals surface area contributed by atoms with Gasteiger partial charge in [-0.2, -0.15) is 21.6 Å². The topological polar surface area (TPSA) is 43.4 Å². The van der Waals surface area contributed by atoms with E-state index in [0.29, 0.717) is 11.1 Å². The molecule has 3 nitrogen and oxygen atoms in total. The zero-order valence-electron chi connectivity index (χ0n) is 10.8. The van der Waals surface area contributed by atoms with Gasteiger partial charge in [-0.3, -0.25) is 0 Å². The number of rotatable bonds is 3. The second-order valence-corrected chi connectivity index (χ2v) is 7.83. The normalized spacial score (nSPS) is 12.8. The SMILES string of the molecule is Cc1cc([S+](C)C)cc(C)c1OS(=O)(=O)C(F)(F)F. The minimum atomic E-state index is -5.63. The van der Waals surface area contributed by atoms with Gasteiger partial charge in [-0.1, -0.05) is 0 Å². The highest BCUT2D eigenvalue weighted by Gasteiger charge is 2.49. The number of hydrogen-bond acceptors (Lipinski definition) is 3. The number of hydrogen-bond donors (Lipinski definition) is 0. The molecule has 108 valence electrons. The van der Waals surface area contributed by atoms with Gasteiger partial charge in [0.15, 0.2) is 4.90 Å². The minimum Gasteiger partial charge on any atom is -0.375 e. The van der Waals surface area contributed by atoms with Gasteiger partial charge in [0.25, 0.3) is 0 Å². The average Bonchev–Trinajstić information content (AvgIpc) is 2.21. The molecule has 0 heterocycles. The van der Waals surface area contributed by atoms with Crippen LogP contribution in [-0.2, 0) is 21.0 Å². The molecule has 0 aromatic heterocycles. The first-order valence-corrected chi connectivity index (χ1v) is 8.60. The Morgan fingerprint density at radius 2 is 1.53 bits per heavy atom. The van der Waals surface area contributed by atoms with Gasteiger partial charge in [0.1, 0.15) is 18.3 Å². The van der Waals surface area contributed by atoms with Crippen molar-refractivity contribution in [2.45, 2.75) is 24.3 Å². The Hall–Kier alpha value is -0.890. The molecule has 1 aromatic rings. The molecular weight excluding hydrogens is 301 g/mol. The van der Waals surface area contributed by atoms with Crippen LogP contribution in [0.15, 0.2) is 17.0 Å². The van der Waals surface area contributed by atoms with E-state index >= 15 is 0 Å². The molecule has 0 aliphatic carbocycles. The van der Waals surface area contributed by atoms with Crippen molar-refractivity contribution in [3.63, 3.8) is 0 Å². The zero-order chi connectivity index (χ0) is 15.0. The quantitative estimate of drug-likeness (QED) is 0.489. The van der Waals surface area contributed by atoms with E-state index in [4.69, 9.17) is 0 Å². The highest BCUT2D eigenvalue weighted by atomic mass is 32.2. The van der Waals surface area contributed by atoms with Crippen molar-refractivity contribution in [3.05, 3.63) is 23.3 Å². The number of benzene rings is 1. The van der Waals surface area contributed by atoms with Crippen LogP contribution in [0.2, 0.25) is 0 Å². The summed E-state index contributed by atoms with van der Waals surface area (Å²) in [6, 6.07) is 3.27. The van der Waals surface area contributed by atoms with E-state index < -0.39 is 15.6 Å². The van der Waals surface area contributed by atoms with Gasteiger partial charge in [0.2, 0.25) is 0 Å². The summed E-state index contributed by atoms with van der Waals surface area (Å²) in [4.78, 5) is 0.937. The average molecular weight is 315 g/mol. The lowest BCUT2D eigenvalue weighted by molar-refractivity contribution is -0.0500. The highest BCUT2D eigenvalue weighted by molar-refractivity contribution is 7.95. The Morgan fingerprint density at radius 3 is 1.84 bits per heavy atom. The lowest BCUT2D eigenvalue weighted by Crippen LogP contribution is -2.28. The molecule has 0 aliphatic rings. The van der Waals surface area contributed by atoms with Gasteiger partial charge in [-0.15, -0.1) is 0 Å². The molecule has 1 rings (SSSR count). The molecule has 8 heteroatoms. The molecule has 0 saturated heterocycles. The van der Waals surface area contributed by atoms with Crippen LogP contribution in [0.25, 0.3) is 0 Å². The van der Waals surface area contributed by atoms with E-state index in [1.807, 2.05) is 12.5 Å². The molecular formula is C11H14F3O3S2+. The third-order valence-corrected chi connectivity index (χ3v) is 4.51. The van der Waals surface area contributed by atoms with Gasteiger partial charge in [-0.25, -0.2) is 0 Å². The Morgan fingerprint density at radius 1 is 1.11 bits per heavy atom. The first kappa shape index (κ1) is 16.2. The Bertz CT molecular complexity index is 554.